The Bertz CT molecular complexity index is 596. The van der Waals surface area contributed by atoms with Gasteiger partial charge >= 0.3 is 6.03 Å². The minimum atomic E-state index is -0.958. The van der Waals surface area contributed by atoms with E-state index < -0.39 is 10.8 Å². The monoisotopic (exact) mass is 348 g/mol. The summed E-state index contributed by atoms with van der Waals surface area (Å²) in [5.74, 6) is 1.54. The summed E-state index contributed by atoms with van der Waals surface area (Å²) in [5, 5.41) is 3.19. The highest BCUT2D eigenvalue weighted by molar-refractivity contribution is 7.84. The molecule has 5 heteroatoms. The van der Waals surface area contributed by atoms with Crippen molar-refractivity contribution in [3.05, 3.63) is 29.8 Å². The van der Waals surface area contributed by atoms with Crippen LogP contribution in [-0.2, 0) is 17.3 Å². The molecule has 132 valence electrons. The Morgan fingerprint density at radius 1 is 1.21 bits per heavy atom. The number of nitrogens with zero attached hydrogens (tertiary/aromatic N) is 1. The van der Waals surface area contributed by atoms with E-state index in [9.17, 15) is 9.00 Å². The minimum absolute atomic E-state index is 0.0152. The molecule has 2 fully saturated rings. The molecular weight excluding hydrogens is 320 g/mol. The van der Waals surface area contributed by atoms with Gasteiger partial charge in [0.1, 0.15) is 0 Å². The van der Waals surface area contributed by atoms with Crippen molar-refractivity contribution < 1.29 is 9.00 Å². The maximum Gasteiger partial charge on any atom is 0.317 e. The van der Waals surface area contributed by atoms with Crippen LogP contribution in [0.2, 0.25) is 0 Å². The van der Waals surface area contributed by atoms with Crippen LogP contribution >= 0.6 is 0 Å². The van der Waals surface area contributed by atoms with E-state index in [0.717, 1.165) is 22.8 Å². The average molecular weight is 349 g/mol. The zero-order chi connectivity index (χ0) is 17.1. The molecule has 2 aliphatic rings. The van der Waals surface area contributed by atoms with Gasteiger partial charge in [0, 0.05) is 41.6 Å². The molecule has 1 N–H and O–H groups in total. The van der Waals surface area contributed by atoms with E-state index in [1.165, 1.54) is 32.1 Å². The highest BCUT2D eigenvalue weighted by Crippen LogP contribution is 2.44. The fraction of sp³-hybridized carbons (Fsp3) is 0.632. The fourth-order valence-corrected chi connectivity index (χ4v) is 4.38. The van der Waals surface area contributed by atoms with Crippen molar-refractivity contribution >= 4 is 16.8 Å². The van der Waals surface area contributed by atoms with Crippen molar-refractivity contribution in [1.82, 2.24) is 10.2 Å². The van der Waals surface area contributed by atoms with Crippen molar-refractivity contribution in [2.24, 2.45) is 11.8 Å². The van der Waals surface area contributed by atoms with Crippen LogP contribution in [0.5, 0.6) is 0 Å². The average Bonchev–Trinajstić information content (AvgIpc) is 3.35. The molecule has 2 saturated carbocycles. The largest absolute Gasteiger partial charge is 0.335 e. The number of nitrogens with one attached hydrogen (secondary N) is 1. The molecule has 0 unspecified atom stereocenters. The standard InChI is InChI=1S/C19H28N2O2S/c1-21(13-14-8-10-16(11-9-14)24(2)23)19(22)20-18-12-17(18)15-6-4-3-5-7-15/h8-11,15,17-18H,3-7,12-13H2,1-2H3,(H,20,22)/t17-,18-,24+/m1/s1. The molecule has 1 aromatic carbocycles. The minimum Gasteiger partial charge on any atom is -0.335 e. The summed E-state index contributed by atoms with van der Waals surface area (Å²) in [6, 6.07) is 8.04. The zero-order valence-corrected chi connectivity index (χ0v) is 15.5. The van der Waals surface area contributed by atoms with Crippen molar-refractivity contribution in [2.45, 2.75) is 56.0 Å². The molecule has 4 nitrogen and oxygen atoms in total. The molecule has 3 rings (SSSR count). The normalized spacial score (nSPS) is 25.1. The molecule has 0 aromatic heterocycles. The number of carbonyl (C=O) groups excluding carboxylic acids is 1. The van der Waals surface area contributed by atoms with E-state index in [4.69, 9.17) is 0 Å². The van der Waals surface area contributed by atoms with Gasteiger partial charge in [-0.1, -0.05) is 44.2 Å². The molecule has 1 aromatic rings. The number of amides is 2. The SMILES string of the molecule is CN(Cc1ccc([S@](C)=O)cc1)C(=O)N[C@@H]1C[C@@H]1C1CCCCC1. The van der Waals surface area contributed by atoms with Gasteiger partial charge in [-0.25, -0.2) is 4.79 Å². The first-order chi connectivity index (χ1) is 11.5. The molecule has 0 bridgehead atoms. The molecule has 2 amide bonds. The maximum atomic E-state index is 12.4. The summed E-state index contributed by atoms with van der Waals surface area (Å²) in [5.41, 5.74) is 1.06. The molecule has 0 heterocycles. The van der Waals surface area contributed by atoms with Gasteiger partial charge in [-0.3, -0.25) is 4.21 Å². The predicted molar refractivity (Wildman–Crippen MR) is 97.2 cm³/mol. The molecular formula is C19H28N2O2S. The topological polar surface area (TPSA) is 49.4 Å². The van der Waals surface area contributed by atoms with Crippen LogP contribution < -0.4 is 5.32 Å². The van der Waals surface area contributed by atoms with E-state index >= 15 is 0 Å². The first-order valence-electron chi connectivity index (χ1n) is 8.98. The number of benzene rings is 1. The van der Waals surface area contributed by atoms with E-state index in [1.807, 2.05) is 31.3 Å². The van der Waals surface area contributed by atoms with Crippen molar-refractivity contribution in [1.29, 1.82) is 0 Å². The fourth-order valence-electron chi connectivity index (χ4n) is 3.86. The van der Waals surface area contributed by atoms with Crippen molar-refractivity contribution in [2.75, 3.05) is 13.3 Å². The third-order valence-corrected chi connectivity index (χ3v) is 6.36. The van der Waals surface area contributed by atoms with Crippen LogP contribution in [0.25, 0.3) is 0 Å². The molecule has 0 aliphatic heterocycles. The lowest BCUT2D eigenvalue weighted by atomic mass is 9.85. The highest BCUT2D eigenvalue weighted by atomic mass is 32.2. The Morgan fingerprint density at radius 3 is 2.50 bits per heavy atom. The number of hydrogen-bond acceptors (Lipinski definition) is 2. The predicted octanol–water partition coefficient (Wildman–Crippen LogP) is 3.53. The summed E-state index contributed by atoms with van der Waals surface area (Å²) in [6.07, 6.45) is 9.62. The first kappa shape index (κ1) is 17.5. The van der Waals surface area contributed by atoms with Gasteiger partial charge in [-0.2, -0.15) is 0 Å². The van der Waals surface area contributed by atoms with Crippen LogP contribution in [0, 0.1) is 11.8 Å². The van der Waals surface area contributed by atoms with E-state index in [-0.39, 0.29) is 6.03 Å². The third kappa shape index (κ3) is 4.38. The van der Waals surface area contributed by atoms with Crippen LogP contribution in [-0.4, -0.2) is 34.5 Å². The van der Waals surface area contributed by atoms with Crippen LogP contribution in [0.3, 0.4) is 0 Å². The number of rotatable bonds is 5. The Morgan fingerprint density at radius 2 is 1.88 bits per heavy atom. The second-order valence-electron chi connectivity index (χ2n) is 7.31. The number of urea groups is 1. The summed E-state index contributed by atoms with van der Waals surface area (Å²) in [7, 11) is 0.875. The van der Waals surface area contributed by atoms with Crippen LogP contribution in [0.4, 0.5) is 4.79 Å². The summed E-state index contributed by atoms with van der Waals surface area (Å²) < 4.78 is 11.4. The maximum absolute atomic E-state index is 12.4. The molecule has 2 aliphatic carbocycles. The van der Waals surface area contributed by atoms with Crippen molar-refractivity contribution in [3.8, 4) is 0 Å². The summed E-state index contributed by atoms with van der Waals surface area (Å²) in [6.45, 7) is 0.573. The molecule has 0 radical (unpaired) electrons. The van der Waals surface area contributed by atoms with Gasteiger partial charge in [0.25, 0.3) is 0 Å². The first-order valence-corrected chi connectivity index (χ1v) is 10.5. The quantitative estimate of drug-likeness (QED) is 0.885. The highest BCUT2D eigenvalue weighted by Gasteiger charge is 2.44. The van der Waals surface area contributed by atoms with Gasteiger partial charge in [-0.05, 0) is 36.0 Å². The van der Waals surface area contributed by atoms with Crippen LogP contribution in [0.1, 0.15) is 44.1 Å². The number of hydrogen-bond donors (Lipinski definition) is 1. The van der Waals surface area contributed by atoms with Gasteiger partial charge in [0.2, 0.25) is 0 Å². The second kappa shape index (κ2) is 7.68. The lowest BCUT2D eigenvalue weighted by Crippen LogP contribution is -2.39. The van der Waals surface area contributed by atoms with E-state index in [0.29, 0.717) is 18.5 Å². The Balaban J connectivity index is 1.46. The summed E-state index contributed by atoms with van der Waals surface area (Å²) >= 11 is 0. The van der Waals surface area contributed by atoms with E-state index in [1.54, 1.807) is 11.2 Å². The number of carbonyl (C=O) groups is 1. The third-order valence-electron chi connectivity index (χ3n) is 5.43. The molecule has 3 atom stereocenters. The Labute approximate surface area is 147 Å². The smallest absolute Gasteiger partial charge is 0.317 e. The lowest BCUT2D eigenvalue weighted by molar-refractivity contribution is 0.204. The van der Waals surface area contributed by atoms with Gasteiger partial charge < -0.3 is 10.2 Å². The Kier molecular flexibility index (Phi) is 5.59. The summed E-state index contributed by atoms with van der Waals surface area (Å²) in [4.78, 5) is 14.9. The lowest BCUT2D eigenvalue weighted by Gasteiger charge is -2.22. The molecule has 24 heavy (non-hydrogen) atoms. The van der Waals surface area contributed by atoms with Gasteiger partial charge in [0.15, 0.2) is 0 Å². The molecule has 0 spiro atoms. The van der Waals surface area contributed by atoms with E-state index in [2.05, 4.69) is 5.32 Å². The van der Waals surface area contributed by atoms with Crippen molar-refractivity contribution in [3.63, 3.8) is 0 Å². The van der Waals surface area contributed by atoms with Gasteiger partial charge in [0.05, 0.1) is 0 Å². The Hall–Kier alpha value is -1.36. The van der Waals surface area contributed by atoms with Gasteiger partial charge in [-0.15, -0.1) is 0 Å². The zero-order valence-electron chi connectivity index (χ0n) is 14.7. The molecule has 0 saturated heterocycles. The second-order valence-corrected chi connectivity index (χ2v) is 8.69. The van der Waals surface area contributed by atoms with Crippen LogP contribution in [0.15, 0.2) is 29.2 Å².